The van der Waals surface area contributed by atoms with Gasteiger partial charge < -0.3 is 9.84 Å². The van der Waals surface area contributed by atoms with Crippen molar-refractivity contribution in [1.82, 2.24) is 4.90 Å². The second-order valence-corrected chi connectivity index (χ2v) is 4.77. The van der Waals surface area contributed by atoms with E-state index in [1.165, 1.54) is 11.6 Å². The summed E-state index contributed by atoms with van der Waals surface area (Å²) in [5, 5.41) is 8.71. The van der Waals surface area contributed by atoms with Crippen LogP contribution < -0.4 is 4.74 Å². The van der Waals surface area contributed by atoms with Crippen LogP contribution in [-0.2, 0) is 11.3 Å². The Labute approximate surface area is 113 Å². The molecule has 102 valence electrons. The predicted octanol–water partition coefficient (Wildman–Crippen LogP) is 2.30. The zero-order valence-corrected chi connectivity index (χ0v) is 11.1. The Bertz CT molecular complexity index is 455. The van der Waals surface area contributed by atoms with Gasteiger partial charge in [-0.25, -0.2) is 4.79 Å². The third kappa shape index (κ3) is 4.10. The number of ether oxygens (including phenoxy) is 1. The Hall–Kier alpha value is -1.81. The van der Waals surface area contributed by atoms with Crippen LogP contribution in [0.15, 0.2) is 35.9 Å². The average molecular weight is 261 g/mol. The van der Waals surface area contributed by atoms with Gasteiger partial charge in [0.25, 0.3) is 0 Å². The van der Waals surface area contributed by atoms with Crippen LogP contribution in [0.5, 0.6) is 5.75 Å². The summed E-state index contributed by atoms with van der Waals surface area (Å²) in [5.74, 6) is 0.0349. The topological polar surface area (TPSA) is 49.8 Å². The van der Waals surface area contributed by atoms with Gasteiger partial charge in [-0.2, -0.15) is 0 Å². The van der Waals surface area contributed by atoms with E-state index in [4.69, 9.17) is 9.84 Å². The van der Waals surface area contributed by atoms with Crippen LogP contribution in [0.2, 0.25) is 0 Å². The number of aliphatic carboxylic acids is 1. The van der Waals surface area contributed by atoms with Crippen molar-refractivity contribution < 1.29 is 14.6 Å². The molecule has 4 heteroatoms. The van der Waals surface area contributed by atoms with Crippen LogP contribution in [0.25, 0.3) is 0 Å². The van der Waals surface area contributed by atoms with E-state index in [1.807, 2.05) is 12.1 Å². The second kappa shape index (κ2) is 6.38. The maximum atomic E-state index is 10.6. The highest BCUT2D eigenvalue weighted by Gasteiger charge is 2.14. The van der Waals surface area contributed by atoms with Crippen LogP contribution in [0, 0.1) is 0 Å². The average Bonchev–Trinajstić information content (AvgIpc) is 2.41. The minimum Gasteiger partial charge on any atom is -0.497 e. The summed E-state index contributed by atoms with van der Waals surface area (Å²) in [5.41, 5.74) is 2.30. The van der Waals surface area contributed by atoms with Crippen molar-refractivity contribution in [2.45, 2.75) is 19.4 Å². The molecule has 1 N–H and O–H groups in total. The van der Waals surface area contributed by atoms with Crippen LogP contribution in [0.3, 0.4) is 0 Å². The molecule has 0 bridgehead atoms. The largest absolute Gasteiger partial charge is 0.497 e. The summed E-state index contributed by atoms with van der Waals surface area (Å²) in [7, 11) is 1.66. The molecule has 2 rings (SSSR count). The van der Waals surface area contributed by atoms with Crippen LogP contribution >= 0.6 is 0 Å². The van der Waals surface area contributed by atoms with Crippen LogP contribution in [0.1, 0.15) is 18.4 Å². The van der Waals surface area contributed by atoms with Gasteiger partial charge in [0.2, 0.25) is 0 Å². The van der Waals surface area contributed by atoms with Crippen LogP contribution in [-0.4, -0.2) is 36.2 Å². The van der Waals surface area contributed by atoms with Crippen molar-refractivity contribution in [3.05, 3.63) is 41.5 Å². The highest BCUT2D eigenvalue weighted by molar-refractivity contribution is 5.80. The number of carboxylic acids is 1. The lowest BCUT2D eigenvalue weighted by molar-refractivity contribution is -0.131. The molecule has 0 aliphatic carbocycles. The molecule has 0 spiro atoms. The predicted molar refractivity (Wildman–Crippen MR) is 73.2 cm³/mol. The lowest BCUT2D eigenvalue weighted by Gasteiger charge is -2.28. The minimum atomic E-state index is -0.835. The number of benzene rings is 1. The summed E-state index contributed by atoms with van der Waals surface area (Å²) < 4.78 is 5.13. The molecule has 0 unspecified atom stereocenters. The first-order valence-electron chi connectivity index (χ1n) is 6.45. The summed E-state index contributed by atoms with van der Waals surface area (Å²) in [6, 6.07) is 8.08. The van der Waals surface area contributed by atoms with Gasteiger partial charge in [-0.3, -0.25) is 4.90 Å². The number of rotatable bonds is 4. The van der Waals surface area contributed by atoms with Gasteiger partial charge in [-0.05, 0) is 30.5 Å². The maximum absolute atomic E-state index is 10.6. The normalized spacial score (nSPS) is 16.2. The molecule has 0 amide bonds. The zero-order valence-electron chi connectivity index (χ0n) is 11.1. The summed E-state index contributed by atoms with van der Waals surface area (Å²) in [6.45, 7) is 2.75. The Kier molecular flexibility index (Phi) is 4.58. The first kappa shape index (κ1) is 13.6. The molecule has 4 nitrogen and oxygen atoms in total. The van der Waals surface area contributed by atoms with Gasteiger partial charge in [-0.15, -0.1) is 0 Å². The van der Waals surface area contributed by atoms with Crippen molar-refractivity contribution in [3.8, 4) is 5.75 Å². The van der Waals surface area contributed by atoms with Crippen molar-refractivity contribution >= 4 is 5.97 Å². The Morgan fingerprint density at radius 2 is 1.95 bits per heavy atom. The lowest BCUT2D eigenvalue weighted by Crippen LogP contribution is -2.30. The van der Waals surface area contributed by atoms with Crippen molar-refractivity contribution in [3.63, 3.8) is 0 Å². The maximum Gasteiger partial charge on any atom is 0.328 e. The van der Waals surface area contributed by atoms with E-state index in [0.717, 1.165) is 43.8 Å². The molecule has 1 fully saturated rings. The summed E-state index contributed by atoms with van der Waals surface area (Å²) >= 11 is 0. The zero-order chi connectivity index (χ0) is 13.7. The summed E-state index contributed by atoms with van der Waals surface area (Å²) in [4.78, 5) is 12.9. The molecule has 19 heavy (non-hydrogen) atoms. The van der Waals surface area contributed by atoms with E-state index in [-0.39, 0.29) is 0 Å². The summed E-state index contributed by atoms with van der Waals surface area (Å²) in [6.07, 6.45) is 3.05. The number of hydrogen-bond acceptors (Lipinski definition) is 3. The lowest BCUT2D eigenvalue weighted by atomic mass is 10.0. The fraction of sp³-hybridized carbons (Fsp3) is 0.400. The van der Waals surface area contributed by atoms with Gasteiger partial charge in [0.1, 0.15) is 5.75 Å². The molecule has 0 aromatic heterocycles. The fourth-order valence-corrected chi connectivity index (χ4v) is 2.31. The Balaban J connectivity index is 1.86. The van der Waals surface area contributed by atoms with E-state index in [0.29, 0.717) is 0 Å². The highest BCUT2D eigenvalue weighted by atomic mass is 16.5. The van der Waals surface area contributed by atoms with E-state index < -0.39 is 5.97 Å². The van der Waals surface area contributed by atoms with Gasteiger partial charge in [0, 0.05) is 25.7 Å². The second-order valence-electron chi connectivity index (χ2n) is 4.77. The fourth-order valence-electron chi connectivity index (χ4n) is 2.31. The first-order valence-corrected chi connectivity index (χ1v) is 6.45. The number of piperidine rings is 1. The standard InChI is InChI=1S/C15H19NO3/c1-19-14-4-2-13(3-5-14)11-16-8-6-12(7-9-16)10-15(17)18/h2-5,10H,6-9,11H2,1H3,(H,17,18). The third-order valence-electron chi connectivity index (χ3n) is 3.39. The molecule has 1 aromatic rings. The molecule has 0 saturated carbocycles. The van der Waals surface area contributed by atoms with Crippen molar-refractivity contribution in [2.24, 2.45) is 0 Å². The number of carbonyl (C=O) groups is 1. The molecule has 0 radical (unpaired) electrons. The Morgan fingerprint density at radius 3 is 2.47 bits per heavy atom. The molecular weight excluding hydrogens is 242 g/mol. The number of methoxy groups -OCH3 is 1. The van der Waals surface area contributed by atoms with Crippen molar-refractivity contribution in [2.75, 3.05) is 20.2 Å². The van der Waals surface area contributed by atoms with Gasteiger partial charge in [-0.1, -0.05) is 17.7 Å². The Morgan fingerprint density at radius 1 is 1.32 bits per heavy atom. The molecule has 1 aromatic carbocycles. The number of carboxylic acid groups (broad SMARTS) is 1. The number of hydrogen-bond donors (Lipinski definition) is 1. The molecular formula is C15H19NO3. The minimum absolute atomic E-state index is 0.835. The molecule has 1 aliphatic heterocycles. The van der Waals surface area contributed by atoms with E-state index in [1.54, 1.807) is 7.11 Å². The monoisotopic (exact) mass is 261 g/mol. The van der Waals surface area contributed by atoms with Gasteiger partial charge in [0.15, 0.2) is 0 Å². The van der Waals surface area contributed by atoms with E-state index in [2.05, 4.69) is 17.0 Å². The molecule has 0 atom stereocenters. The van der Waals surface area contributed by atoms with Gasteiger partial charge in [0.05, 0.1) is 7.11 Å². The van der Waals surface area contributed by atoms with Crippen LogP contribution in [0.4, 0.5) is 0 Å². The van der Waals surface area contributed by atoms with E-state index >= 15 is 0 Å². The molecule has 1 aliphatic rings. The molecule has 1 heterocycles. The third-order valence-corrected chi connectivity index (χ3v) is 3.39. The number of nitrogens with zero attached hydrogens (tertiary/aromatic N) is 1. The van der Waals surface area contributed by atoms with Crippen molar-refractivity contribution in [1.29, 1.82) is 0 Å². The highest BCUT2D eigenvalue weighted by Crippen LogP contribution is 2.19. The first-order chi connectivity index (χ1) is 9.17. The quantitative estimate of drug-likeness (QED) is 0.845. The smallest absolute Gasteiger partial charge is 0.328 e. The SMILES string of the molecule is COc1ccc(CN2CCC(=CC(=O)O)CC2)cc1. The van der Waals surface area contributed by atoms with E-state index in [9.17, 15) is 4.79 Å². The van der Waals surface area contributed by atoms with Gasteiger partial charge >= 0.3 is 5.97 Å². The number of likely N-dealkylation sites (tertiary alicyclic amines) is 1. The molecule has 1 saturated heterocycles.